The van der Waals surface area contributed by atoms with E-state index < -0.39 is 0 Å². The van der Waals surface area contributed by atoms with Gasteiger partial charge in [0.05, 0.1) is 22.3 Å². The summed E-state index contributed by atoms with van der Waals surface area (Å²) in [6.45, 7) is 4.04. The number of hydrogen-bond donors (Lipinski definition) is 1. The molecular weight excluding hydrogens is 582 g/mol. The molecule has 0 bridgehead atoms. The van der Waals surface area contributed by atoms with Crippen molar-refractivity contribution in [2.75, 3.05) is 23.5 Å². The van der Waals surface area contributed by atoms with Crippen molar-refractivity contribution in [3.05, 3.63) is 124 Å². The van der Waals surface area contributed by atoms with Crippen LogP contribution < -0.4 is 19.8 Å². The first-order valence-electron chi connectivity index (χ1n) is 13.1. The van der Waals surface area contributed by atoms with Gasteiger partial charge in [0.15, 0.2) is 18.1 Å². The van der Waals surface area contributed by atoms with Crippen molar-refractivity contribution in [2.24, 2.45) is 5.10 Å². The van der Waals surface area contributed by atoms with Gasteiger partial charge in [-0.1, -0.05) is 66.2 Å². The van der Waals surface area contributed by atoms with Crippen LogP contribution in [0.25, 0.3) is 6.08 Å². The Morgan fingerprint density at radius 1 is 0.951 bits per heavy atom. The number of carbonyl (C=O) groups is 2. The first kappa shape index (κ1) is 27.9. The summed E-state index contributed by atoms with van der Waals surface area (Å²) in [5.41, 5.74) is 5.02. The first-order valence-corrected chi connectivity index (χ1v) is 13.9. The molecule has 206 valence electrons. The van der Waals surface area contributed by atoms with Crippen LogP contribution in [0.3, 0.4) is 0 Å². The van der Waals surface area contributed by atoms with Crippen molar-refractivity contribution in [3.8, 4) is 11.5 Å². The second-order valence-corrected chi connectivity index (χ2v) is 10.1. The van der Waals surface area contributed by atoms with Gasteiger partial charge in [0.25, 0.3) is 11.8 Å². The third-order valence-corrected chi connectivity index (χ3v) is 6.84. The van der Waals surface area contributed by atoms with Crippen molar-refractivity contribution >= 4 is 50.9 Å². The van der Waals surface area contributed by atoms with E-state index in [1.165, 1.54) is 5.01 Å². The van der Waals surface area contributed by atoms with Crippen molar-refractivity contribution in [2.45, 2.75) is 13.8 Å². The molecular formula is C33H28BrN3O4. The molecule has 0 spiro atoms. The second-order valence-electron chi connectivity index (χ2n) is 9.29. The largest absolute Gasteiger partial charge is 0.490 e. The molecule has 0 radical (unpaired) electrons. The molecule has 1 aliphatic rings. The topological polar surface area (TPSA) is 80.2 Å². The molecule has 7 nitrogen and oxygen atoms in total. The highest BCUT2D eigenvalue weighted by atomic mass is 79.9. The average molecular weight is 611 g/mol. The molecule has 0 unspecified atom stereocenters. The lowest BCUT2D eigenvalue weighted by molar-refractivity contribution is -0.118. The number of hydrazone groups is 1. The van der Waals surface area contributed by atoms with Crippen LogP contribution >= 0.6 is 15.9 Å². The Labute approximate surface area is 247 Å². The van der Waals surface area contributed by atoms with Gasteiger partial charge in [0.1, 0.15) is 5.71 Å². The van der Waals surface area contributed by atoms with Gasteiger partial charge < -0.3 is 14.8 Å². The molecule has 0 saturated carbocycles. The maximum absolute atomic E-state index is 13.7. The monoisotopic (exact) mass is 609 g/mol. The number of halogens is 1. The third kappa shape index (κ3) is 6.56. The zero-order valence-corrected chi connectivity index (χ0v) is 24.2. The number of amides is 2. The Bertz CT molecular complexity index is 1620. The lowest BCUT2D eigenvalue weighted by Gasteiger charge is -2.15. The fourth-order valence-corrected chi connectivity index (χ4v) is 4.89. The van der Waals surface area contributed by atoms with E-state index in [1.54, 1.807) is 24.3 Å². The van der Waals surface area contributed by atoms with Gasteiger partial charge in [-0.25, -0.2) is 0 Å². The number of carbonyl (C=O) groups excluding carboxylic acids is 2. The summed E-state index contributed by atoms with van der Waals surface area (Å²) >= 11 is 3.57. The van der Waals surface area contributed by atoms with Gasteiger partial charge in [-0.05, 0) is 77.8 Å². The number of benzene rings is 4. The Balaban J connectivity index is 1.45. The minimum atomic E-state index is -0.298. The Morgan fingerprint density at radius 2 is 1.63 bits per heavy atom. The Hall–Kier alpha value is -4.69. The van der Waals surface area contributed by atoms with Crippen LogP contribution in [0.1, 0.15) is 23.6 Å². The third-order valence-electron chi connectivity index (χ3n) is 6.25. The lowest BCUT2D eigenvalue weighted by Crippen LogP contribution is -2.21. The summed E-state index contributed by atoms with van der Waals surface area (Å²) in [7, 11) is 0. The fraction of sp³-hybridized carbons (Fsp3) is 0.121. The van der Waals surface area contributed by atoms with Crippen LogP contribution in [-0.2, 0) is 9.59 Å². The first-order chi connectivity index (χ1) is 19.9. The number of aryl methyl sites for hydroxylation is 1. The summed E-state index contributed by atoms with van der Waals surface area (Å²) < 4.78 is 12.3. The summed E-state index contributed by atoms with van der Waals surface area (Å²) in [4.78, 5) is 26.2. The number of nitrogens with zero attached hydrogens (tertiary/aromatic N) is 2. The molecule has 0 aromatic heterocycles. The van der Waals surface area contributed by atoms with Gasteiger partial charge in [-0.3, -0.25) is 9.59 Å². The van der Waals surface area contributed by atoms with E-state index in [9.17, 15) is 9.59 Å². The smallest absolute Gasteiger partial charge is 0.281 e. The van der Waals surface area contributed by atoms with E-state index in [-0.39, 0.29) is 18.4 Å². The predicted molar refractivity (Wildman–Crippen MR) is 165 cm³/mol. The van der Waals surface area contributed by atoms with Crippen LogP contribution in [0.4, 0.5) is 11.4 Å². The van der Waals surface area contributed by atoms with Crippen molar-refractivity contribution in [1.82, 2.24) is 0 Å². The average Bonchev–Trinajstić information content (AvgIpc) is 3.29. The van der Waals surface area contributed by atoms with E-state index >= 15 is 0 Å². The maximum Gasteiger partial charge on any atom is 0.281 e. The van der Waals surface area contributed by atoms with Crippen LogP contribution in [0.15, 0.2) is 112 Å². The van der Waals surface area contributed by atoms with E-state index in [0.717, 1.165) is 11.1 Å². The van der Waals surface area contributed by atoms with E-state index in [2.05, 4.69) is 21.2 Å². The molecule has 8 heteroatoms. The molecule has 0 fully saturated rings. The lowest BCUT2D eigenvalue weighted by atomic mass is 10.00. The van der Waals surface area contributed by atoms with Crippen molar-refractivity contribution < 1.29 is 19.1 Å². The quantitative estimate of drug-likeness (QED) is 0.207. The minimum Gasteiger partial charge on any atom is -0.490 e. The van der Waals surface area contributed by atoms with Gasteiger partial charge in [-0.2, -0.15) is 10.1 Å². The summed E-state index contributed by atoms with van der Waals surface area (Å²) in [6.07, 6.45) is 1.79. The summed E-state index contributed by atoms with van der Waals surface area (Å²) in [5, 5.41) is 8.95. The molecule has 0 aliphatic carbocycles. The van der Waals surface area contributed by atoms with E-state index in [4.69, 9.17) is 14.6 Å². The van der Waals surface area contributed by atoms with Crippen molar-refractivity contribution in [3.63, 3.8) is 0 Å². The molecule has 1 N–H and O–H groups in total. The molecule has 4 aromatic rings. The number of para-hydroxylation sites is 1. The van der Waals surface area contributed by atoms with E-state index in [1.807, 2.05) is 92.7 Å². The second kappa shape index (κ2) is 12.7. The molecule has 0 atom stereocenters. The highest BCUT2D eigenvalue weighted by Crippen LogP contribution is 2.38. The maximum atomic E-state index is 13.7. The molecule has 5 rings (SSSR count). The summed E-state index contributed by atoms with van der Waals surface area (Å²) in [6, 6.07) is 30.1. The van der Waals surface area contributed by atoms with Crippen LogP contribution in [0.5, 0.6) is 11.5 Å². The van der Waals surface area contributed by atoms with Gasteiger partial charge >= 0.3 is 0 Å². The normalized spacial score (nSPS) is 13.7. The molecule has 2 amide bonds. The molecule has 0 saturated heterocycles. The molecule has 1 heterocycles. The zero-order valence-electron chi connectivity index (χ0n) is 22.6. The van der Waals surface area contributed by atoms with Gasteiger partial charge in [0, 0.05) is 11.3 Å². The number of hydrogen-bond acceptors (Lipinski definition) is 5. The number of nitrogens with one attached hydrogen (secondary N) is 1. The highest BCUT2D eigenvalue weighted by molar-refractivity contribution is 9.10. The van der Waals surface area contributed by atoms with Crippen LogP contribution in [-0.4, -0.2) is 30.7 Å². The summed E-state index contributed by atoms with van der Waals surface area (Å²) in [5.74, 6) is 0.307. The minimum absolute atomic E-state index is 0.206. The predicted octanol–water partition coefficient (Wildman–Crippen LogP) is 7.01. The standard InChI is InChI=1S/C33H28BrN3O4/c1-3-40-29-20-23(19-28(34)32(29)41-21-30(38)35-25-12-8-5-9-13-25)18-27-31(24-10-6-4-7-11-24)36-37(33(27)39)26-16-14-22(2)15-17-26/h4-20H,3,21H2,1-2H3,(H,35,38). The van der Waals surface area contributed by atoms with Gasteiger partial charge in [0.2, 0.25) is 0 Å². The number of rotatable bonds is 9. The van der Waals surface area contributed by atoms with Crippen LogP contribution in [0.2, 0.25) is 0 Å². The number of ether oxygens (including phenoxy) is 2. The molecule has 1 aliphatic heterocycles. The van der Waals surface area contributed by atoms with E-state index in [0.29, 0.717) is 50.8 Å². The Morgan fingerprint density at radius 3 is 2.32 bits per heavy atom. The zero-order chi connectivity index (χ0) is 28.8. The van der Waals surface area contributed by atoms with Gasteiger partial charge in [-0.15, -0.1) is 0 Å². The fourth-order valence-electron chi connectivity index (χ4n) is 4.31. The van der Waals surface area contributed by atoms with Crippen LogP contribution in [0, 0.1) is 6.92 Å². The van der Waals surface area contributed by atoms with Crippen molar-refractivity contribution in [1.29, 1.82) is 0 Å². The number of anilines is 2. The Kier molecular flexibility index (Phi) is 8.60. The molecule has 4 aromatic carbocycles. The molecule has 41 heavy (non-hydrogen) atoms. The highest BCUT2D eigenvalue weighted by Gasteiger charge is 2.32. The SMILES string of the molecule is CCOc1cc(C=C2C(=O)N(c3ccc(C)cc3)N=C2c2ccccc2)cc(Br)c1OCC(=O)Nc1ccccc1.